The minimum atomic E-state index is -3.97. The summed E-state index contributed by atoms with van der Waals surface area (Å²) in [5.74, 6) is -0.753. The number of carbonyl (C=O) groups excluding carboxylic acids is 2. The van der Waals surface area contributed by atoms with Crippen LogP contribution >= 0.6 is 0 Å². The van der Waals surface area contributed by atoms with E-state index in [9.17, 15) is 27.5 Å². The van der Waals surface area contributed by atoms with Gasteiger partial charge in [-0.15, -0.1) is 0 Å². The zero-order chi connectivity index (χ0) is 30.4. The Morgan fingerprint density at radius 2 is 1.76 bits per heavy atom. The standard InChI is InChI=1S/C30H35FN4O6S/c1-20-17-35(21(2)19-36)29(37)16-22-15-25(33-30(38)32-24-7-5-4-6-8-24)11-14-27(22)41-28(20)18-34(3)42(39,40)26-12-9-23(31)10-13-26/h4-15,20-21,28,36H,16-19H2,1-3H3,(H2,32,33,38)/t20-,21-,28+/m1/s1. The van der Waals surface area contributed by atoms with Gasteiger partial charge in [0.25, 0.3) is 0 Å². The number of nitrogens with zero attached hydrogens (tertiary/aromatic N) is 2. The summed E-state index contributed by atoms with van der Waals surface area (Å²) in [5.41, 5.74) is 1.54. The lowest BCUT2D eigenvalue weighted by molar-refractivity contribution is -0.134. The molecule has 4 rings (SSSR count). The highest BCUT2D eigenvalue weighted by Crippen LogP contribution is 2.30. The number of likely N-dealkylation sites (N-methyl/N-ethyl adjacent to an activating group) is 1. The monoisotopic (exact) mass is 598 g/mol. The summed E-state index contributed by atoms with van der Waals surface area (Å²) in [7, 11) is -2.55. The molecule has 0 aliphatic carbocycles. The molecule has 3 aromatic rings. The number of nitrogens with one attached hydrogen (secondary N) is 2. The summed E-state index contributed by atoms with van der Waals surface area (Å²) < 4.78 is 47.4. The normalized spacial score (nSPS) is 18.2. The minimum Gasteiger partial charge on any atom is -0.488 e. The number of sulfonamides is 1. The number of fused-ring (bicyclic) bond motifs is 1. The van der Waals surface area contributed by atoms with Crippen LogP contribution in [0, 0.1) is 11.7 Å². The lowest BCUT2D eigenvalue weighted by atomic mass is 10.0. The van der Waals surface area contributed by atoms with Crippen LogP contribution in [0.1, 0.15) is 19.4 Å². The maximum absolute atomic E-state index is 13.4. The molecule has 0 saturated carbocycles. The maximum Gasteiger partial charge on any atom is 0.323 e. The highest BCUT2D eigenvalue weighted by Gasteiger charge is 2.33. The molecule has 0 bridgehead atoms. The van der Waals surface area contributed by atoms with E-state index in [2.05, 4.69) is 10.6 Å². The average molecular weight is 599 g/mol. The highest BCUT2D eigenvalue weighted by atomic mass is 32.2. The number of rotatable bonds is 8. The quantitative estimate of drug-likeness (QED) is 0.361. The molecule has 42 heavy (non-hydrogen) atoms. The van der Waals surface area contributed by atoms with Crippen molar-refractivity contribution in [2.45, 2.75) is 37.3 Å². The second-order valence-corrected chi connectivity index (χ2v) is 12.4. The van der Waals surface area contributed by atoms with Crippen LogP contribution in [0.5, 0.6) is 5.75 Å². The summed E-state index contributed by atoms with van der Waals surface area (Å²) in [6.07, 6.45) is -0.748. The lowest BCUT2D eigenvalue weighted by Crippen LogP contribution is -2.48. The summed E-state index contributed by atoms with van der Waals surface area (Å²) in [5, 5.41) is 15.4. The van der Waals surface area contributed by atoms with E-state index in [1.54, 1.807) is 54.3 Å². The van der Waals surface area contributed by atoms with Crippen molar-refractivity contribution >= 4 is 33.3 Å². The second kappa shape index (κ2) is 13.3. The molecule has 1 heterocycles. The van der Waals surface area contributed by atoms with Crippen LogP contribution in [-0.2, 0) is 21.2 Å². The van der Waals surface area contributed by atoms with E-state index in [-0.39, 0.29) is 42.8 Å². The molecule has 3 atom stereocenters. The van der Waals surface area contributed by atoms with E-state index >= 15 is 0 Å². The summed E-state index contributed by atoms with van der Waals surface area (Å²) in [4.78, 5) is 27.5. The minimum absolute atomic E-state index is 0.0569. The fourth-order valence-corrected chi connectivity index (χ4v) is 5.86. The van der Waals surface area contributed by atoms with Crippen LogP contribution < -0.4 is 15.4 Å². The maximum atomic E-state index is 13.4. The zero-order valence-corrected chi connectivity index (χ0v) is 24.5. The number of hydrogen-bond acceptors (Lipinski definition) is 6. The van der Waals surface area contributed by atoms with Crippen LogP contribution in [0.3, 0.4) is 0 Å². The van der Waals surface area contributed by atoms with Crippen LogP contribution in [0.4, 0.5) is 20.6 Å². The molecule has 0 radical (unpaired) electrons. The number of urea groups is 1. The molecule has 10 nitrogen and oxygen atoms in total. The molecule has 0 saturated heterocycles. The van der Waals surface area contributed by atoms with E-state index in [1.807, 2.05) is 13.0 Å². The van der Waals surface area contributed by atoms with E-state index < -0.39 is 34.0 Å². The molecule has 1 aliphatic heterocycles. The Labute approximate surface area is 245 Å². The summed E-state index contributed by atoms with van der Waals surface area (Å²) in [6.45, 7) is 3.49. The number of ether oxygens (including phenoxy) is 1. The van der Waals surface area contributed by atoms with Gasteiger partial charge in [-0.05, 0) is 61.5 Å². The van der Waals surface area contributed by atoms with Gasteiger partial charge in [-0.2, -0.15) is 4.31 Å². The van der Waals surface area contributed by atoms with E-state index in [0.29, 0.717) is 22.7 Å². The second-order valence-electron chi connectivity index (χ2n) is 10.4. The first-order chi connectivity index (χ1) is 20.0. The molecule has 0 aromatic heterocycles. The molecule has 224 valence electrons. The van der Waals surface area contributed by atoms with Crippen LogP contribution in [0.15, 0.2) is 77.7 Å². The van der Waals surface area contributed by atoms with Gasteiger partial charge in [0.2, 0.25) is 15.9 Å². The SMILES string of the molecule is C[C@@H]1CN([C@H](C)CO)C(=O)Cc2cc(NC(=O)Nc3ccccc3)ccc2O[C@H]1CN(C)S(=O)(=O)c1ccc(F)cc1. The number of para-hydroxylation sites is 1. The fourth-order valence-electron chi connectivity index (χ4n) is 4.68. The molecule has 1 aliphatic rings. The molecule has 3 amide bonds. The Bertz CT molecular complexity index is 1500. The van der Waals surface area contributed by atoms with Crippen molar-refractivity contribution in [3.8, 4) is 5.75 Å². The Balaban J connectivity index is 1.62. The fraction of sp³-hybridized carbons (Fsp3) is 0.333. The third kappa shape index (κ3) is 7.44. The van der Waals surface area contributed by atoms with E-state index in [0.717, 1.165) is 16.4 Å². The molecule has 0 spiro atoms. The van der Waals surface area contributed by atoms with E-state index in [4.69, 9.17) is 4.74 Å². The Kier molecular flexibility index (Phi) is 9.81. The number of anilines is 2. The van der Waals surface area contributed by atoms with Gasteiger partial charge in [0.05, 0.1) is 30.5 Å². The van der Waals surface area contributed by atoms with Crippen LogP contribution in [0.2, 0.25) is 0 Å². The van der Waals surface area contributed by atoms with Crippen molar-refractivity contribution in [2.75, 3.05) is 37.4 Å². The third-order valence-electron chi connectivity index (χ3n) is 7.16. The van der Waals surface area contributed by atoms with Gasteiger partial charge in [0.1, 0.15) is 17.7 Å². The molecule has 0 fully saturated rings. The van der Waals surface area contributed by atoms with Gasteiger partial charge < -0.3 is 25.4 Å². The number of aliphatic hydroxyl groups excluding tert-OH is 1. The highest BCUT2D eigenvalue weighted by molar-refractivity contribution is 7.89. The number of hydrogen-bond donors (Lipinski definition) is 3. The van der Waals surface area contributed by atoms with Crippen molar-refractivity contribution in [1.29, 1.82) is 0 Å². The van der Waals surface area contributed by atoms with Crippen molar-refractivity contribution in [3.05, 3.63) is 84.2 Å². The van der Waals surface area contributed by atoms with Gasteiger partial charge in [0, 0.05) is 36.4 Å². The number of carbonyl (C=O) groups is 2. The summed E-state index contributed by atoms with van der Waals surface area (Å²) in [6, 6.07) is 17.5. The Morgan fingerprint density at radius 3 is 2.43 bits per heavy atom. The molecule has 0 unspecified atom stereocenters. The topological polar surface area (TPSA) is 128 Å². The van der Waals surface area contributed by atoms with Gasteiger partial charge in [-0.25, -0.2) is 17.6 Å². The predicted molar refractivity (Wildman–Crippen MR) is 157 cm³/mol. The molecule has 3 N–H and O–H groups in total. The largest absolute Gasteiger partial charge is 0.488 e. The first kappa shape index (κ1) is 30.9. The predicted octanol–water partition coefficient (Wildman–Crippen LogP) is 3.94. The Morgan fingerprint density at radius 1 is 1.10 bits per heavy atom. The molecule has 3 aromatic carbocycles. The summed E-state index contributed by atoms with van der Waals surface area (Å²) >= 11 is 0. The van der Waals surface area contributed by atoms with Crippen LogP contribution in [-0.4, -0.2) is 73.6 Å². The van der Waals surface area contributed by atoms with Gasteiger partial charge in [-0.1, -0.05) is 25.1 Å². The molecular formula is C30H35FN4O6S. The van der Waals surface area contributed by atoms with E-state index in [1.165, 1.54) is 19.2 Å². The zero-order valence-electron chi connectivity index (χ0n) is 23.7. The lowest BCUT2D eigenvalue weighted by Gasteiger charge is -2.33. The first-order valence-electron chi connectivity index (χ1n) is 13.5. The van der Waals surface area contributed by atoms with Crippen molar-refractivity contribution < 1.29 is 32.2 Å². The Hall–Kier alpha value is -4.00. The average Bonchev–Trinajstić information content (AvgIpc) is 3.00. The number of halogens is 1. The smallest absolute Gasteiger partial charge is 0.323 e. The van der Waals surface area contributed by atoms with Crippen molar-refractivity contribution in [2.24, 2.45) is 5.92 Å². The number of amides is 3. The first-order valence-corrected chi connectivity index (χ1v) is 15.0. The van der Waals surface area contributed by atoms with Crippen molar-refractivity contribution in [3.63, 3.8) is 0 Å². The molecule has 12 heteroatoms. The van der Waals surface area contributed by atoms with Crippen molar-refractivity contribution in [1.82, 2.24) is 9.21 Å². The van der Waals surface area contributed by atoms with Crippen LogP contribution in [0.25, 0.3) is 0 Å². The van der Waals surface area contributed by atoms with Gasteiger partial charge >= 0.3 is 6.03 Å². The third-order valence-corrected chi connectivity index (χ3v) is 9.00. The van der Waals surface area contributed by atoms with Gasteiger partial charge in [0.15, 0.2) is 0 Å². The number of aliphatic hydroxyl groups is 1. The van der Waals surface area contributed by atoms with Gasteiger partial charge in [-0.3, -0.25) is 4.79 Å². The molecular weight excluding hydrogens is 563 g/mol. The number of benzene rings is 3.